The maximum absolute atomic E-state index is 12.8. The number of halogens is 1. The van der Waals surface area contributed by atoms with Crippen molar-refractivity contribution in [2.45, 2.75) is 19.8 Å². The highest BCUT2D eigenvalue weighted by Gasteiger charge is 2.18. The van der Waals surface area contributed by atoms with Crippen LogP contribution < -0.4 is 25.5 Å². The predicted molar refractivity (Wildman–Crippen MR) is 168 cm³/mol. The van der Waals surface area contributed by atoms with Gasteiger partial charge in [-0.2, -0.15) is 5.10 Å². The Hall–Kier alpha value is -5.48. The van der Waals surface area contributed by atoms with E-state index in [1.165, 1.54) is 18.3 Å². The molecule has 0 spiro atoms. The number of amides is 3. The third kappa shape index (κ3) is 9.27. The van der Waals surface area contributed by atoms with Crippen molar-refractivity contribution in [3.05, 3.63) is 119 Å². The second kappa shape index (κ2) is 15.7. The van der Waals surface area contributed by atoms with Crippen LogP contribution in [0.4, 0.5) is 11.4 Å². The van der Waals surface area contributed by atoms with E-state index in [1.54, 1.807) is 84.9 Å². The van der Waals surface area contributed by atoms with E-state index < -0.39 is 23.7 Å². The van der Waals surface area contributed by atoms with Gasteiger partial charge in [-0.1, -0.05) is 37.1 Å². The van der Waals surface area contributed by atoms with Gasteiger partial charge in [0.15, 0.2) is 0 Å². The molecule has 0 aliphatic rings. The number of ether oxygens (including phenoxy) is 2. The molecule has 0 saturated heterocycles. The molecule has 0 aliphatic heterocycles. The molecular formula is C33H29ClN4O6. The zero-order chi connectivity index (χ0) is 31.3. The Labute approximate surface area is 259 Å². The van der Waals surface area contributed by atoms with Gasteiger partial charge in [0, 0.05) is 10.7 Å². The van der Waals surface area contributed by atoms with Crippen LogP contribution in [0.15, 0.2) is 102 Å². The van der Waals surface area contributed by atoms with E-state index in [1.807, 2.05) is 0 Å². The zero-order valence-electron chi connectivity index (χ0n) is 23.7. The van der Waals surface area contributed by atoms with Crippen molar-refractivity contribution in [1.82, 2.24) is 5.43 Å². The molecule has 0 atom stereocenters. The fraction of sp³-hybridized carbons (Fsp3) is 0.121. The summed E-state index contributed by atoms with van der Waals surface area (Å²) in [5.74, 6) is -2.06. The van der Waals surface area contributed by atoms with Gasteiger partial charge in [0.1, 0.15) is 11.5 Å². The number of para-hydroxylation sites is 1. The van der Waals surface area contributed by atoms with Gasteiger partial charge < -0.3 is 20.1 Å². The summed E-state index contributed by atoms with van der Waals surface area (Å²) in [6, 6.07) is 25.9. The molecule has 3 N–H and O–H groups in total. The Morgan fingerprint density at radius 3 is 2.18 bits per heavy atom. The Morgan fingerprint density at radius 1 is 0.795 bits per heavy atom. The van der Waals surface area contributed by atoms with Gasteiger partial charge in [0.05, 0.1) is 29.6 Å². The number of nitrogens with one attached hydrogen (secondary N) is 3. The van der Waals surface area contributed by atoms with Crippen LogP contribution in [-0.2, 0) is 9.59 Å². The average Bonchev–Trinajstić information content (AvgIpc) is 3.03. The van der Waals surface area contributed by atoms with E-state index in [0.717, 1.165) is 12.8 Å². The Morgan fingerprint density at radius 2 is 1.48 bits per heavy atom. The van der Waals surface area contributed by atoms with Gasteiger partial charge in [-0.3, -0.25) is 14.4 Å². The van der Waals surface area contributed by atoms with Gasteiger partial charge in [-0.15, -0.1) is 0 Å². The molecule has 4 rings (SSSR count). The Kier molecular flexibility index (Phi) is 11.2. The topological polar surface area (TPSA) is 135 Å². The number of rotatable bonds is 11. The van der Waals surface area contributed by atoms with Crippen molar-refractivity contribution < 1.29 is 28.7 Å². The van der Waals surface area contributed by atoms with Gasteiger partial charge in [0.25, 0.3) is 5.91 Å². The van der Waals surface area contributed by atoms with Gasteiger partial charge in [-0.25, -0.2) is 10.2 Å². The van der Waals surface area contributed by atoms with Crippen LogP contribution in [0.3, 0.4) is 0 Å². The molecule has 3 amide bonds. The van der Waals surface area contributed by atoms with Crippen molar-refractivity contribution in [2.75, 3.05) is 17.2 Å². The minimum absolute atomic E-state index is 0.143. The highest BCUT2D eigenvalue weighted by molar-refractivity contribution is 6.40. The molecule has 10 nitrogen and oxygen atoms in total. The third-order valence-corrected chi connectivity index (χ3v) is 6.31. The molecule has 224 valence electrons. The fourth-order valence-corrected chi connectivity index (χ4v) is 3.85. The summed E-state index contributed by atoms with van der Waals surface area (Å²) in [4.78, 5) is 50.0. The normalized spacial score (nSPS) is 10.6. The Balaban J connectivity index is 1.26. The number of benzene rings is 4. The summed E-state index contributed by atoms with van der Waals surface area (Å²) in [6.07, 6.45) is 3.31. The first-order valence-electron chi connectivity index (χ1n) is 13.7. The van der Waals surface area contributed by atoms with E-state index in [2.05, 4.69) is 28.1 Å². The molecule has 4 aromatic rings. The molecule has 0 bridgehead atoms. The molecule has 0 unspecified atom stereocenters. The van der Waals surface area contributed by atoms with Crippen molar-refractivity contribution in [2.24, 2.45) is 5.10 Å². The smallest absolute Gasteiger partial charge is 0.343 e. The second-order valence-electron chi connectivity index (χ2n) is 9.34. The largest absolute Gasteiger partial charge is 0.494 e. The van der Waals surface area contributed by atoms with Crippen molar-refractivity contribution in [3.63, 3.8) is 0 Å². The molecule has 0 radical (unpaired) electrons. The van der Waals surface area contributed by atoms with E-state index in [4.69, 9.17) is 21.1 Å². The highest BCUT2D eigenvalue weighted by Crippen LogP contribution is 2.20. The van der Waals surface area contributed by atoms with Crippen molar-refractivity contribution in [1.29, 1.82) is 0 Å². The molecule has 0 fully saturated rings. The van der Waals surface area contributed by atoms with E-state index >= 15 is 0 Å². The number of anilines is 2. The second-order valence-corrected chi connectivity index (χ2v) is 9.78. The molecular weight excluding hydrogens is 584 g/mol. The van der Waals surface area contributed by atoms with Gasteiger partial charge in [0.2, 0.25) is 0 Å². The Bertz CT molecular complexity index is 1640. The first kappa shape index (κ1) is 31.5. The molecule has 44 heavy (non-hydrogen) atoms. The standard InChI is InChI=1S/C33H29ClN4O6/c1-2-3-20-43-26-18-10-23(11-19-26)33(42)44-27-16-8-22(9-17-27)21-35-38-32(41)31(40)37-29-7-5-4-6-28(29)30(39)36-25-14-12-24(34)13-15-25/h4-19,21H,2-3,20H2,1H3,(H,36,39)(H,37,40)(H,38,41)/b35-21+. The molecule has 0 saturated carbocycles. The fourth-order valence-electron chi connectivity index (χ4n) is 3.73. The lowest BCUT2D eigenvalue weighted by Crippen LogP contribution is -2.33. The minimum Gasteiger partial charge on any atom is -0.494 e. The van der Waals surface area contributed by atoms with E-state index in [9.17, 15) is 19.2 Å². The summed E-state index contributed by atoms with van der Waals surface area (Å²) >= 11 is 5.88. The van der Waals surface area contributed by atoms with E-state index in [0.29, 0.717) is 39.9 Å². The quantitative estimate of drug-likeness (QED) is 0.0469. The molecule has 0 heterocycles. The van der Waals surface area contributed by atoms with Crippen LogP contribution in [-0.4, -0.2) is 36.5 Å². The highest BCUT2D eigenvalue weighted by atomic mass is 35.5. The maximum atomic E-state index is 12.8. The van der Waals surface area contributed by atoms with Crippen molar-refractivity contribution >= 4 is 52.9 Å². The van der Waals surface area contributed by atoms with Crippen LogP contribution in [0.25, 0.3) is 0 Å². The number of hydrazone groups is 1. The first-order chi connectivity index (χ1) is 21.3. The van der Waals surface area contributed by atoms with Gasteiger partial charge >= 0.3 is 17.8 Å². The third-order valence-electron chi connectivity index (χ3n) is 6.06. The number of carbonyl (C=O) groups is 4. The average molecular weight is 613 g/mol. The summed E-state index contributed by atoms with van der Waals surface area (Å²) < 4.78 is 11.0. The minimum atomic E-state index is -1.04. The molecule has 11 heteroatoms. The molecule has 4 aromatic carbocycles. The van der Waals surface area contributed by atoms with Crippen LogP contribution >= 0.6 is 11.6 Å². The summed E-state index contributed by atoms with van der Waals surface area (Å²) in [5, 5.41) is 9.46. The van der Waals surface area contributed by atoms with Crippen molar-refractivity contribution in [3.8, 4) is 11.5 Å². The van der Waals surface area contributed by atoms with Crippen LogP contribution in [0.2, 0.25) is 5.02 Å². The predicted octanol–water partition coefficient (Wildman–Crippen LogP) is 6.08. The number of esters is 1. The van der Waals surface area contributed by atoms with Crippen LogP contribution in [0, 0.1) is 0 Å². The molecule has 0 aliphatic carbocycles. The zero-order valence-corrected chi connectivity index (χ0v) is 24.5. The SMILES string of the molecule is CCCCOc1ccc(C(=O)Oc2ccc(/C=N/NC(=O)C(=O)Nc3ccccc3C(=O)Nc3ccc(Cl)cc3)cc2)cc1. The maximum Gasteiger partial charge on any atom is 0.343 e. The number of carbonyl (C=O) groups excluding carboxylic acids is 4. The molecule has 0 aromatic heterocycles. The van der Waals surface area contributed by atoms with Crippen LogP contribution in [0.1, 0.15) is 46.0 Å². The van der Waals surface area contributed by atoms with Gasteiger partial charge in [-0.05, 0) is 96.9 Å². The monoisotopic (exact) mass is 612 g/mol. The summed E-state index contributed by atoms with van der Waals surface area (Å²) in [7, 11) is 0. The van der Waals surface area contributed by atoms with Crippen LogP contribution in [0.5, 0.6) is 11.5 Å². The summed E-state index contributed by atoms with van der Waals surface area (Å²) in [5.41, 5.74) is 3.90. The first-order valence-corrected chi connectivity index (χ1v) is 14.1. The number of unbranched alkanes of at least 4 members (excludes halogenated alkanes) is 1. The summed E-state index contributed by atoms with van der Waals surface area (Å²) in [6.45, 7) is 2.70. The van der Waals surface area contributed by atoms with E-state index in [-0.39, 0.29) is 11.3 Å². The number of nitrogens with zero attached hydrogens (tertiary/aromatic N) is 1. The lowest BCUT2D eigenvalue weighted by Gasteiger charge is -2.11. The lowest BCUT2D eigenvalue weighted by atomic mass is 10.1. The lowest BCUT2D eigenvalue weighted by molar-refractivity contribution is -0.136. The number of hydrogen-bond donors (Lipinski definition) is 3. The number of hydrogen-bond acceptors (Lipinski definition) is 7.